The molecule has 1 N–H and O–H groups in total. The molecule has 0 spiro atoms. The second-order valence-electron chi connectivity index (χ2n) is 6.10. The molecular formula is C16H24N2O. The highest BCUT2D eigenvalue weighted by Gasteiger charge is 2.47. The normalized spacial score (nSPS) is 25.4. The summed E-state index contributed by atoms with van der Waals surface area (Å²) in [7, 11) is 0. The Morgan fingerprint density at radius 3 is 2.58 bits per heavy atom. The van der Waals surface area contributed by atoms with E-state index in [0.717, 1.165) is 6.42 Å². The van der Waals surface area contributed by atoms with Crippen molar-refractivity contribution in [2.75, 3.05) is 6.54 Å². The maximum Gasteiger partial charge on any atom is 0.318 e. The summed E-state index contributed by atoms with van der Waals surface area (Å²) in [6.07, 6.45) is 1.03. The summed E-state index contributed by atoms with van der Waals surface area (Å²) in [6.45, 7) is 9.27. The minimum Gasteiger partial charge on any atom is -0.338 e. The van der Waals surface area contributed by atoms with Gasteiger partial charge >= 0.3 is 6.03 Å². The fourth-order valence-corrected chi connectivity index (χ4v) is 3.41. The largest absolute Gasteiger partial charge is 0.338 e. The molecule has 1 aromatic rings. The first kappa shape index (κ1) is 13.9. The maximum atomic E-state index is 12.3. The lowest BCUT2D eigenvalue weighted by Gasteiger charge is -2.34. The third-order valence-electron chi connectivity index (χ3n) is 3.99. The average molecular weight is 260 g/mol. The van der Waals surface area contributed by atoms with Crippen LogP contribution in [0.5, 0.6) is 0 Å². The molecule has 104 valence electrons. The number of amides is 2. The molecular weight excluding hydrogens is 236 g/mol. The van der Waals surface area contributed by atoms with Crippen LogP contribution in [-0.2, 0) is 0 Å². The number of urea groups is 1. The molecule has 0 bridgehead atoms. The van der Waals surface area contributed by atoms with E-state index in [4.69, 9.17) is 0 Å². The zero-order valence-electron chi connectivity index (χ0n) is 12.3. The van der Waals surface area contributed by atoms with Crippen molar-refractivity contribution in [1.82, 2.24) is 10.2 Å². The first-order valence-corrected chi connectivity index (χ1v) is 7.08. The van der Waals surface area contributed by atoms with Crippen molar-refractivity contribution < 1.29 is 4.79 Å². The van der Waals surface area contributed by atoms with Crippen LogP contribution < -0.4 is 5.32 Å². The van der Waals surface area contributed by atoms with Crippen molar-refractivity contribution in [3.63, 3.8) is 0 Å². The highest BCUT2D eigenvalue weighted by atomic mass is 16.2. The van der Waals surface area contributed by atoms with Gasteiger partial charge in [0.05, 0.1) is 6.04 Å². The molecule has 1 aliphatic rings. The number of nitrogens with one attached hydrogen (secondary N) is 1. The fraction of sp³-hybridized carbons (Fsp3) is 0.562. The smallest absolute Gasteiger partial charge is 0.318 e. The Morgan fingerprint density at radius 1 is 1.37 bits per heavy atom. The van der Waals surface area contributed by atoms with E-state index in [0.29, 0.717) is 6.54 Å². The molecule has 1 aliphatic heterocycles. The Balaban J connectivity index is 2.37. The van der Waals surface area contributed by atoms with Gasteiger partial charge in [0, 0.05) is 12.6 Å². The summed E-state index contributed by atoms with van der Waals surface area (Å²) in [4.78, 5) is 14.4. The van der Waals surface area contributed by atoms with Gasteiger partial charge in [0.25, 0.3) is 0 Å². The highest BCUT2D eigenvalue weighted by molar-refractivity contribution is 5.75. The van der Waals surface area contributed by atoms with Crippen LogP contribution in [0.25, 0.3) is 0 Å². The van der Waals surface area contributed by atoms with Crippen LogP contribution in [0.15, 0.2) is 30.3 Å². The number of carbonyl (C=O) groups is 1. The molecule has 2 atom stereocenters. The number of hydrogen-bond acceptors (Lipinski definition) is 1. The zero-order valence-corrected chi connectivity index (χ0v) is 12.3. The Bertz CT molecular complexity index is 441. The number of nitrogens with zero attached hydrogens (tertiary/aromatic N) is 1. The van der Waals surface area contributed by atoms with Gasteiger partial charge in [0.2, 0.25) is 0 Å². The highest BCUT2D eigenvalue weighted by Crippen LogP contribution is 2.49. The van der Waals surface area contributed by atoms with Crippen LogP contribution in [0.1, 0.15) is 45.7 Å². The molecule has 19 heavy (non-hydrogen) atoms. The SMILES string of the molecule is CCNC(=O)N1[C@H](C)CC(C)(C)[C@@H]1c1ccccc1. The topological polar surface area (TPSA) is 32.3 Å². The fourth-order valence-electron chi connectivity index (χ4n) is 3.41. The van der Waals surface area contributed by atoms with Crippen LogP contribution in [-0.4, -0.2) is 23.5 Å². The van der Waals surface area contributed by atoms with Crippen molar-refractivity contribution in [3.05, 3.63) is 35.9 Å². The van der Waals surface area contributed by atoms with Gasteiger partial charge in [-0.05, 0) is 31.2 Å². The van der Waals surface area contributed by atoms with E-state index in [2.05, 4.69) is 38.2 Å². The third kappa shape index (κ3) is 2.60. The van der Waals surface area contributed by atoms with Crippen molar-refractivity contribution in [1.29, 1.82) is 0 Å². The second kappa shape index (κ2) is 5.24. The second-order valence-corrected chi connectivity index (χ2v) is 6.10. The summed E-state index contributed by atoms with van der Waals surface area (Å²) >= 11 is 0. The Kier molecular flexibility index (Phi) is 3.83. The molecule has 3 heteroatoms. The maximum absolute atomic E-state index is 12.3. The number of benzene rings is 1. The Morgan fingerprint density at radius 2 is 2.00 bits per heavy atom. The first-order valence-electron chi connectivity index (χ1n) is 7.08. The van der Waals surface area contributed by atoms with Gasteiger partial charge in [-0.1, -0.05) is 44.2 Å². The predicted molar refractivity (Wildman–Crippen MR) is 78.0 cm³/mol. The van der Waals surface area contributed by atoms with Crippen molar-refractivity contribution >= 4 is 6.03 Å². The minimum absolute atomic E-state index is 0.0504. The van der Waals surface area contributed by atoms with Crippen LogP contribution in [0.4, 0.5) is 4.79 Å². The number of likely N-dealkylation sites (tertiary alicyclic amines) is 1. The van der Waals surface area contributed by atoms with Crippen LogP contribution in [0, 0.1) is 5.41 Å². The predicted octanol–water partition coefficient (Wildman–Crippen LogP) is 3.58. The Labute approximate surface area is 116 Å². The zero-order chi connectivity index (χ0) is 14.0. The van der Waals surface area contributed by atoms with Gasteiger partial charge in [-0.15, -0.1) is 0 Å². The molecule has 0 radical (unpaired) electrons. The molecule has 0 unspecified atom stereocenters. The number of hydrogen-bond donors (Lipinski definition) is 1. The van der Waals surface area contributed by atoms with E-state index in [1.807, 2.05) is 30.0 Å². The van der Waals surface area contributed by atoms with Gasteiger partial charge in [-0.25, -0.2) is 4.79 Å². The summed E-state index contributed by atoms with van der Waals surface area (Å²) in [5.74, 6) is 0. The van der Waals surface area contributed by atoms with Crippen LogP contribution in [0.2, 0.25) is 0 Å². The molecule has 0 saturated carbocycles. The molecule has 2 rings (SSSR count). The van der Waals surface area contributed by atoms with E-state index in [9.17, 15) is 4.79 Å². The van der Waals surface area contributed by atoms with Crippen molar-refractivity contribution in [2.24, 2.45) is 5.41 Å². The van der Waals surface area contributed by atoms with Gasteiger partial charge in [-0.2, -0.15) is 0 Å². The number of carbonyl (C=O) groups excluding carboxylic acids is 1. The monoisotopic (exact) mass is 260 g/mol. The molecule has 1 aromatic carbocycles. The van der Waals surface area contributed by atoms with Gasteiger partial charge in [0.15, 0.2) is 0 Å². The minimum atomic E-state index is 0.0504. The van der Waals surface area contributed by atoms with E-state index < -0.39 is 0 Å². The molecule has 3 nitrogen and oxygen atoms in total. The standard InChI is InChI=1S/C16H24N2O/c1-5-17-15(19)18-12(2)11-16(3,4)14(18)13-9-7-6-8-10-13/h6-10,12,14H,5,11H2,1-4H3,(H,17,19)/t12-,14+/m1/s1. The van der Waals surface area contributed by atoms with E-state index in [-0.39, 0.29) is 23.5 Å². The van der Waals surface area contributed by atoms with Crippen LogP contribution in [0.3, 0.4) is 0 Å². The number of rotatable bonds is 2. The molecule has 2 amide bonds. The van der Waals surface area contributed by atoms with Crippen LogP contribution >= 0.6 is 0 Å². The quantitative estimate of drug-likeness (QED) is 0.866. The van der Waals surface area contributed by atoms with E-state index in [1.54, 1.807) is 0 Å². The van der Waals surface area contributed by atoms with Crippen molar-refractivity contribution in [2.45, 2.75) is 46.2 Å². The molecule has 1 heterocycles. The van der Waals surface area contributed by atoms with E-state index in [1.165, 1.54) is 5.56 Å². The molecule has 0 aliphatic carbocycles. The van der Waals surface area contributed by atoms with E-state index >= 15 is 0 Å². The lowest BCUT2D eigenvalue weighted by atomic mass is 9.80. The first-order chi connectivity index (χ1) is 8.97. The van der Waals surface area contributed by atoms with Gasteiger partial charge in [0.1, 0.15) is 0 Å². The average Bonchev–Trinajstić information content (AvgIpc) is 2.60. The lowest BCUT2D eigenvalue weighted by Crippen LogP contribution is -2.44. The Hall–Kier alpha value is -1.51. The summed E-state index contributed by atoms with van der Waals surface area (Å²) in [6, 6.07) is 10.8. The summed E-state index contributed by atoms with van der Waals surface area (Å²) < 4.78 is 0. The van der Waals surface area contributed by atoms with Gasteiger partial charge in [-0.3, -0.25) is 0 Å². The lowest BCUT2D eigenvalue weighted by molar-refractivity contribution is 0.158. The molecule has 1 saturated heterocycles. The summed E-state index contributed by atoms with van der Waals surface area (Å²) in [5.41, 5.74) is 1.33. The molecule has 1 fully saturated rings. The summed E-state index contributed by atoms with van der Waals surface area (Å²) in [5, 5.41) is 2.94. The molecule has 0 aromatic heterocycles. The van der Waals surface area contributed by atoms with Crippen molar-refractivity contribution in [3.8, 4) is 0 Å². The van der Waals surface area contributed by atoms with Gasteiger partial charge < -0.3 is 10.2 Å². The third-order valence-corrected chi connectivity index (χ3v) is 3.99.